The van der Waals surface area contributed by atoms with E-state index in [4.69, 9.17) is 18.9 Å². The lowest BCUT2D eigenvalue weighted by atomic mass is 10.1. The second-order valence-corrected chi connectivity index (χ2v) is 14.2. The Morgan fingerprint density at radius 2 is 1.60 bits per heavy atom. The number of nitrogens with zero attached hydrogens (tertiary/aromatic N) is 7. The van der Waals surface area contributed by atoms with Crippen LogP contribution in [0.3, 0.4) is 0 Å². The fourth-order valence-corrected chi connectivity index (χ4v) is 4.73. The van der Waals surface area contributed by atoms with E-state index in [0.717, 1.165) is 9.58 Å². The summed E-state index contributed by atoms with van der Waals surface area (Å²) in [5.41, 5.74) is -1.76. The summed E-state index contributed by atoms with van der Waals surface area (Å²) in [7, 11) is 0. The number of aromatic nitrogens is 5. The van der Waals surface area contributed by atoms with Crippen molar-refractivity contribution in [1.82, 2.24) is 30.0 Å². The summed E-state index contributed by atoms with van der Waals surface area (Å²) in [6.45, 7) is 15.7. The number of alkyl carbamates (subject to hydrolysis) is 1. The molecule has 1 N–H and O–H groups in total. The van der Waals surface area contributed by atoms with Gasteiger partial charge in [0.05, 0.1) is 23.7 Å². The first-order chi connectivity index (χ1) is 22.3. The van der Waals surface area contributed by atoms with Crippen LogP contribution in [0, 0.1) is 11.3 Å². The SMILES string of the molecule is CC(C)(C)OC(=O)N[C@H]1CC[C@@H](Oc2ccncc2-c2cc(N(C(=O)OC(C)(C)C)c3cnc(C#N)cn3)nn2C(=O)OC(C)(C)C)C1. The van der Waals surface area contributed by atoms with E-state index in [1.165, 1.54) is 24.7 Å². The van der Waals surface area contributed by atoms with Crippen molar-refractivity contribution in [1.29, 1.82) is 5.26 Å². The maximum absolute atomic E-state index is 13.6. The van der Waals surface area contributed by atoms with Crippen molar-refractivity contribution in [2.24, 2.45) is 0 Å². The Bertz CT molecular complexity index is 1680. The molecule has 3 heterocycles. The number of anilines is 2. The highest BCUT2D eigenvalue weighted by Gasteiger charge is 2.33. The van der Waals surface area contributed by atoms with Gasteiger partial charge in [0, 0.05) is 30.9 Å². The Morgan fingerprint density at radius 1 is 0.917 bits per heavy atom. The number of pyridine rings is 1. The highest BCUT2D eigenvalue weighted by molar-refractivity contribution is 5.95. The molecule has 15 nitrogen and oxygen atoms in total. The van der Waals surface area contributed by atoms with Crippen molar-refractivity contribution < 1.29 is 33.3 Å². The lowest BCUT2D eigenvalue weighted by Crippen LogP contribution is -2.38. The van der Waals surface area contributed by atoms with Gasteiger partial charge in [-0.1, -0.05) is 0 Å². The van der Waals surface area contributed by atoms with Crippen LogP contribution in [0.1, 0.15) is 87.3 Å². The van der Waals surface area contributed by atoms with Crippen LogP contribution >= 0.6 is 0 Å². The molecule has 0 radical (unpaired) electrons. The number of ether oxygens (including phenoxy) is 4. The van der Waals surface area contributed by atoms with E-state index in [1.54, 1.807) is 74.6 Å². The van der Waals surface area contributed by atoms with Crippen LogP contribution in [-0.2, 0) is 14.2 Å². The summed E-state index contributed by atoms with van der Waals surface area (Å²) < 4.78 is 24.1. The normalized spacial score (nSPS) is 16.4. The quantitative estimate of drug-likeness (QED) is 0.292. The lowest BCUT2D eigenvalue weighted by molar-refractivity contribution is 0.0497. The van der Waals surface area contributed by atoms with Crippen molar-refractivity contribution in [2.45, 2.75) is 111 Å². The van der Waals surface area contributed by atoms with Gasteiger partial charge in [0.25, 0.3) is 0 Å². The second-order valence-electron chi connectivity index (χ2n) is 14.2. The van der Waals surface area contributed by atoms with Gasteiger partial charge in [-0.25, -0.2) is 29.3 Å². The number of carbonyl (C=O) groups is 3. The summed E-state index contributed by atoms with van der Waals surface area (Å²) in [5, 5.41) is 16.6. The van der Waals surface area contributed by atoms with Crippen molar-refractivity contribution in [3.8, 4) is 23.1 Å². The topological polar surface area (TPSA) is 184 Å². The summed E-state index contributed by atoms with van der Waals surface area (Å²) in [6, 6.07) is 4.89. The number of rotatable bonds is 6. The predicted octanol–water partition coefficient (Wildman–Crippen LogP) is 6.29. The van der Waals surface area contributed by atoms with Gasteiger partial charge in [-0.05, 0) is 81.2 Å². The van der Waals surface area contributed by atoms with Gasteiger partial charge < -0.3 is 24.3 Å². The number of amides is 2. The third kappa shape index (κ3) is 9.63. The number of nitriles is 1. The zero-order valence-corrected chi connectivity index (χ0v) is 28.7. The molecule has 0 saturated heterocycles. The standard InChI is InChI=1S/C33H42N8O7/c1-31(2,3)46-28(42)38-20-10-11-22(14-20)45-25-12-13-35-18-23(25)24-15-26(39-41(24)30(44)48-33(7,8)9)40(29(43)47-32(4,5)6)27-19-36-21(16-34)17-37-27/h12-13,15,17-20,22H,10-11,14H2,1-9H3,(H,38,42)/t20-,22+/m0/s1. The first-order valence-electron chi connectivity index (χ1n) is 15.5. The van der Waals surface area contributed by atoms with Gasteiger partial charge >= 0.3 is 18.3 Å². The highest BCUT2D eigenvalue weighted by atomic mass is 16.6. The summed E-state index contributed by atoms with van der Waals surface area (Å²) in [6.07, 6.45) is 4.94. The molecular weight excluding hydrogens is 620 g/mol. The fraction of sp³-hybridized carbons (Fsp3) is 0.515. The highest BCUT2D eigenvalue weighted by Crippen LogP contribution is 2.36. The number of nitrogens with one attached hydrogen (secondary N) is 1. The Kier molecular flexibility index (Phi) is 10.3. The van der Waals surface area contributed by atoms with Gasteiger partial charge in [-0.2, -0.15) is 9.94 Å². The minimum absolute atomic E-state index is 0.000726. The average Bonchev–Trinajstić information content (AvgIpc) is 3.58. The molecule has 15 heteroatoms. The third-order valence-corrected chi connectivity index (χ3v) is 6.51. The van der Waals surface area contributed by atoms with Crippen LogP contribution in [-0.4, -0.2) is 72.0 Å². The number of hydrogen-bond acceptors (Lipinski definition) is 12. The van der Waals surface area contributed by atoms with Gasteiger partial charge in [0.15, 0.2) is 17.3 Å². The van der Waals surface area contributed by atoms with E-state index in [9.17, 15) is 19.6 Å². The zero-order valence-electron chi connectivity index (χ0n) is 28.7. The van der Waals surface area contributed by atoms with Crippen LogP contribution in [0.4, 0.5) is 26.0 Å². The Balaban J connectivity index is 1.73. The van der Waals surface area contributed by atoms with Crippen LogP contribution in [0.15, 0.2) is 36.9 Å². The summed E-state index contributed by atoms with van der Waals surface area (Å²) >= 11 is 0. The van der Waals surface area contributed by atoms with E-state index in [-0.39, 0.29) is 35.2 Å². The third-order valence-electron chi connectivity index (χ3n) is 6.51. The number of hydrogen-bond donors (Lipinski definition) is 1. The zero-order chi connectivity index (χ0) is 35.4. The molecular formula is C33H42N8O7. The van der Waals surface area contributed by atoms with Crippen LogP contribution in [0.25, 0.3) is 11.3 Å². The largest absolute Gasteiger partial charge is 0.490 e. The Labute approximate surface area is 279 Å². The van der Waals surface area contributed by atoms with Gasteiger partial charge in [0.2, 0.25) is 0 Å². The van der Waals surface area contributed by atoms with E-state index in [0.29, 0.717) is 30.6 Å². The van der Waals surface area contributed by atoms with Gasteiger partial charge in [-0.15, -0.1) is 5.10 Å². The summed E-state index contributed by atoms with van der Waals surface area (Å²) in [4.78, 5) is 53.1. The lowest BCUT2D eigenvalue weighted by Gasteiger charge is -2.25. The van der Waals surface area contributed by atoms with Crippen molar-refractivity contribution >= 4 is 29.9 Å². The molecule has 0 unspecified atom stereocenters. The molecule has 1 aliphatic carbocycles. The summed E-state index contributed by atoms with van der Waals surface area (Å²) in [5.74, 6) is 0.355. The molecule has 0 bridgehead atoms. The molecule has 2 amide bonds. The van der Waals surface area contributed by atoms with Crippen LogP contribution in [0.2, 0.25) is 0 Å². The van der Waals surface area contributed by atoms with E-state index >= 15 is 0 Å². The van der Waals surface area contributed by atoms with E-state index in [1.807, 2.05) is 6.07 Å². The molecule has 0 spiro atoms. The molecule has 1 saturated carbocycles. The van der Waals surface area contributed by atoms with Crippen molar-refractivity contribution in [2.75, 3.05) is 4.90 Å². The Morgan fingerprint density at radius 3 is 2.21 bits per heavy atom. The molecule has 3 aromatic heterocycles. The minimum atomic E-state index is -0.895. The molecule has 0 aliphatic heterocycles. The maximum atomic E-state index is 13.6. The van der Waals surface area contributed by atoms with Crippen LogP contribution < -0.4 is 15.0 Å². The number of carbonyl (C=O) groups excluding carboxylic acids is 3. The van der Waals surface area contributed by atoms with E-state index in [2.05, 4.69) is 25.4 Å². The minimum Gasteiger partial charge on any atom is -0.490 e. The van der Waals surface area contributed by atoms with E-state index < -0.39 is 35.1 Å². The smallest absolute Gasteiger partial charge is 0.435 e. The Hall–Kier alpha value is -5.26. The first kappa shape index (κ1) is 35.6. The predicted molar refractivity (Wildman–Crippen MR) is 174 cm³/mol. The molecule has 4 rings (SSSR count). The molecule has 256 valence electrons. The fourth-order valence-electron chi connectivity index (χ4n) is 4.73. The molecule has 3 aromatic rings. The van der Waals surface area contributed by atoms with Crippen molar-refractivity contribution in [3.05, 3.63) is 42.6 Å². The average molecular weight is 663 g/mol. The molecule has 1 fully saturated rings. The molecule has 2 atom stereocenters. The molecule has 1 aliphatic rings. The van der Waals surface area contributed by atoms with Crippen LogP contribution in [0.5, 0.6) is 5.75 Å². The second kappa shape index (κ2) is 13.8. The maximum Gasteiger partial charge on any atom is 0.435 e. The van der Waals surface area contributed by atoms with Crippen molar-refractivity contribution in [3.63, 3.8) is 0 Å². The van der Waals surface area contributed by atoms with Gasteiger partial charge in [0.1, 0.15) is 34.7 Å². The van der Waals surface area contributed by atoms with Gasteiger partial charge in [-0.3, -0.25) is 4.98 Å². The molecule has 0 aromatic carbocycles. The molecule has 48 heavy (non-hydrogen) atoms. The first-order valence-corrected chi connectivity index (χ1v) is 15.5. The monoisotopic (exact) mass is 662 g/mol.